The Kier molecular flexibility index (Phi) is 3.48. The lowest BCUT2D eigenvalue weighted by atomic mass is 10.1. The summed E-state index contributed by atoms with van der Waals surface area (Å²) in [6.45, 7) is 1.45. The second kappa shape index (κ2) is 5.23. The minimum absolute atomic E-state index is 0.135. The molecule has 4 heteroatoms. The minimum Gasteiger partial charge on any atom is -0.326 e. The first-order valence-corrected chi connectivity index (χ1v) is 5.49. The van der Waals surface area contributed by atoms with Crippen LogP contribution in [0.25, 0.3) is 11.3 Å². The lowest BCUT2D eigenvalue weighted by molar-refractivity contribution is -0.114. The summed E-state index contributed by atoms with van der Waals surface area (Å²) in [5, 5.41) is 2.70. The third-order valence-electron chi connectivity index (χ3n) is 2.42. The molecule has 2 rings (SSSR count). The Morgan fingerprint density at radius 1 is 1.28 bits per heavy atom. The van der Waals surface area contributed by atoms with E-state index in [4.69, 9.17) is 0 Å². The molecule has 1 heterocycles. The van der Waals surface area contributed by atoms with E-state index in [0.29, 0.717) is 16.9 Å². The first-order valence-electron chi connectivity index (χ1n) is 5.49. The minimum atomic E-state index is -0.135. The van der Waals surface area contributed by atoms with Gasteiger partial charge < -0.3 is 5.32 Å². The van der Waals surface area contributed by atoms with Crippen molar-refractivity contribution in [1.82, 2.24) is 4.98 Å². The molecule has 0 saturated heterocycles. The van der Waals surface area contributed by atoms with Crippen molar-refractivity contribution in [3.05, 3.63) is 48.2 Å². The number of aldehydes is 1. The van der Waals surface area contributed by atoms with Gasteiger partial charge in [0.1, 0.15) is 0 Å². The van der Waals surface area contributed by atoms with E-state index in [2.05, 4.69) is 10.3 Å². The summed E-state index contributed by atoms with van der Waals surface area (Å²) in [6.07, 6.45) is 2.40. The number of carbonyl (C=O) groups excluding carboxylic acids is 2. The number of carbonyl (C=O) groups is 2. The van der Waals surface area contributed by atoms with Crippen molar-refractivity contribution in [2.45, 2.75) is 6.92 Å². The quantitative estimate of drug-likeness (QED) is 0.838. The van der Waals surface area contributed by atoms with Crippen LogP contribution in [0.5, 0.6) is 0 Å². The third kappa shape index (κ3) is 2.60. The fourth-order valence-corrected chi connectivity index (χ4v) is 1.70. The van der Waals surface area contributed by atoms with E-state index in [0.717, 1.165) is 11.8 Å². The van der Waals surface area contributed by atoms with Gasteiger partial charge in [-0.15, -0.1) is 0 Å². The highest BCUT2D eigenvalue weighted by Crippen LogP contribution is 2.23. The lowest BCUT2D eigenvalue weighted by Crippen LogP contribution is -2.05. The summed E-state index contributed by atoms with van der Waals surface area (Å²) in [6, 6.07) is 10.7. The second-order valence-electron chi connectivity index (χ2n) is 3.82. The van der Waals surface area contributed by atoms with Crippen LogP contribution in [0.4, 0.5) is 5.69 Å². The molecule has 0 unspecified atom stereocenters. The molecule has 0 spiro atoms. The molecule has 0 aliphatic rings. The largest absolute Gasteiger partial charge is 0.326 e. The van der Waals surface area contributed by atoms with Crippen molar-refractivity contribution >= 4 is 17.9 Å². The average molecular weight is 240 g/mol. The van der Waals surface area contributed by atoms with Gasteiger partial charge in [0, 0.05) is 29.9 Å². The molecule has 18 heavy (non-hydrogen) atoms. The second-order valence-corrected chi connectivity index (χ2v) is 3.82. The van der Waals surface area contributed by atoms with Gasteiger partial charge in [0.05, 0.1) is 5.69 Å². The van der Waals surface area contributed by atoms with Gasteiger partial charge in [-0.2, -0.15) is 0 Å². The maximum absolute atomic E-state index is 11.0. The highest BCUT2D eigenvalue weighted by Gasteiger charge is 2.06. The fraction of sp³-hybridized carbons (Fsp3) is 0.0714. The number of hydrogen-bond acceptors (Lipinski definition) is 3. The molecule has 1 N–H and O–H groups in total. The lowest BCUT2D eigenvalue weighted by Gasteiger charge is -2.06. The number of aromatic nitrogens is 1. The molecule has 90 valence electrons. The van der Waals surface area contributed by atoms with E-state index < -0.39 is 0 Å². The van der Waals surface area contributed by atoms with Crippen LogP contribution in [0.1, 0.15) is 17.3 Å². The molecule has 1 aromatic heterocycles. The summed E-state index contributed by atoms with van der Waals surface area (Å²) in [5.74, 6) is -0.135. The SMILES string of the molecule is CC(=O)Nc1cccc(-c2ncccc2C=O)c1. The zero-order valence-electron chi connectivity index (χ0n) is 9.88. The molecule has 0 aliphatic carbocycles. The summed E-state index contributed by atoms with van der Waals surface area (Å²) in [4.78, 5) is 26.2. The van der Waals surface area contributed by atoms with Crippen LogP contribution >= 0.6 is 0 Å². The van der Waals surface area contributed by atoms with Gasteiger partial charge in [-0.1, -0.05) is 12.1 Å². The van der Waals surface area contributed by atoms with Crippen LogP contribution in [0.3, 0.4) is 0 Å². The molecule has 0 aliphatic heterocycles. The first-order chi connectivity index (χ1) is 8.70. The number of rotatable bonds is 3. The third-order valence-corrected chi connectivity index (χ3v) is 2.42. The van der Waals surface area contributed by atoms with Crippen LogP contribution in [-0.2, 0) is 4.79 Å². The van der Waals surface area contributed by atoms with Crippen molar-refractivity contribution < 1.29 is 9.59 Å². The topological polar surface area (TPSA) is 59.1 Å². The van der Waals surface area contributed by atoms with Gasteiger partial charge in [0.15, 0.2) is 6.29 Å². The number of nitrogens with zero attached hydrogens (tertiary/aromatic N) is 1. The van der Waals surface area contributed by atoms with Crippen molar-refractivity contribution in [3.8, 4) is 11.3 Å². The molecule has 1 aromatic carbocycles. The maximum Gasteiger partial charge on any atom is 0.221 e. The van der Waals surface area contributed by atoms with E-state index in [1.807, 2.05) is 12.1 Å². The molecular formula is C14H12N2O2. The number of benzene rings is 1. The van der Waals surface area contributed by atoms with Gasteiger partial charge >= 0.3 is 0 Å². The van der Waals surface area contributed by atoms with Gasteiger partial charge in [-0.05, 0) is 24.3 Å². The Hall–Kier alpha value is -2.49. The highest BCUT2D eigenvalue weighted by atomic mass is 16.1. The van der Waals surface area contributed by atoms with E-state index in [1.165, 1.54) is 6.92 Å². The first kappa shape index (κ1) is 12.0. The van der Waals surface area contributed by atoms with Gasteiger partial charge in [-0.3, -0.25) is 14.6 Å². The number of anilines is 1. The van der Waals surface area contributed by atoms with Gasteiger partial charge in [0.25, 0.3) is 0 Å². The molecule has 0 saturated carbocycles. The van der Waals surface area contributed by atoms with Crippen LogP contribution in [0.2, 0.25) is 0 Å². The normalized spacial score (nSPS) is 9.83. The Morgan fingerprint density at radius 2 is 2.11 bits per heavy atom. The Morgan fingerprint density at radius 3 is 2.83 bits per heavy atom. The van der Waals surface area contributed by atoms with Crippen LogP contribution in [0.15, 0.2) is 42.6 Å². The van der Waals surface area contributed by atoms with E-state index in [-0.39, 0.29) is 5.91 Å². The summed E-state index contributed by atoms with van der Waals surface area (Å²) in [7, 11) is 0. The van der Waals surface area contributed by atoms with Crippen LogP contribution in [0, 0.1) is 0 Å². The van der Waals surface area contributed by atoms with Crippen LogP contribution < -0.4 is 5.32 Å². The number of hydrogen-bond donors (Lipinski definition) is 1. The number of amides is 1. The highest BCUT2D eigenvalue weighted by molar-refractivity contribution is 5.90. The predicted molar refractivity (Wildman–Crippen MR) is 69.4 cm³/mol. The molecule has 2 aromatic rings. The Bertz CT molecular complexity index is 594. The average Bonchev–Trinajstić information content (AvgIpc) is 2.38. The maximum atomic E-state index is 11.0. The summed E-state index contributed by atoms with van der Waals surface area (Å²) < 4.78 is 0. The van der Waals surface area contributed by atoms with E-state index in [1.54, 1.807) is 30.5 Å². The molecule has 4 nitrogen and oxygen atoms in total. The smallest absolute Gasteiger partial charge is 0.221 e. The zero-order valence-corrected chi connectivity index (χ0v) is 9.88. The molecule has 0 fully saturated rings. The Labute approximate surface area is 105 Å². The predicted octanol–water partition coefficient (Wildman–Crippen LogP) is 2.52. The van der Waals surface area contributed by atoms with Gasteiger partial charge in [-0.25, -0.2) is 0 Å². The van der Waals surface area contributed by atoms with Crippen LogP contribution in [-0.4, -0.2) is 17.2 Å². The monoisotopic (exact) mass is 240 g/mol. The van der Waals surface area contributed by atoms with Gasteiger partial charge in [0.2, 0.25) is 5.91 Å². The van der Waals surface area contributed by atoms with Crippen molar-refractivity contribution in [3.63, 3.8) is 0 Å². The standard InChI is InChI=1S/C14H12N2O2/c1-10(18)16-13-6-2-4-11(8-13)14-12(9-17)5-3-7-15-14/h2-9H,1H3,(H,16,18). The van der Waals surface area contributed by atoms with Crippen molar-refractivity contribution in [2.75, 3.05) is 5.32 Å². The van der Waals surface area contributed by atoms with Crippen molar-refractivity contribution in [2.24, 2.45) is 0 Å². The molecular weight excluding hydrogens is 228 g/mol. The molecule has 0 atom stereocenters. The Balaban J connectivity index is 2.44. The number of nitrogens with one attached hydrogen (secondary N) is 1. The fourth-order valence-electron chi connectivity index (χ4n) is 1.70. The summed E-state index contributed by atoms with van der Waals surface area (Å²) in [5.41, 5.74) is 2.61. The molecule has 1 amide bonds. The number of pyridine rings is 1. The zero-order chi connectivity index (χ0) is 13.0. The molecule has 0 radical (unpaired) electrons. The van der Waals surface area contributed by atoms with E-state index >= 15 is 0 Å². The van der Waals surface area contributed by atoms with E-state index in [9.17, 15) is 9.59 Å². The molecule has 0 bridgehead atoms. The summed E-state index contributed by atoms with van der Waals surface area (Å²) >= 11 is 0. The van der Waals surface area contributed by atoms with Crippen molar-refractivity contribution in [1.29, 1.82) is 0 Å².